The Hall–Kier alpha value is -1.05. The molecule has 0 saturated heterocycles. The molecule has 1 fully saturated rings. The van der Waals surface area contributed by atoms with Gasteiger partial charge in [-0.3, -0.25) is 4.79 Å². The molecule has 19 heavy (non-hydrogen) atoms. The Labute approximate surface area is 111 Å². The van der Waals surface area contributed by atoms with Gasteiger partial charge in [0.25, 0.3) is 0 Å². The molecule has 1 aliphatic rings. The van der Waals surface area contributed by atoms with Crippen molar-refractivity contribution in [3.63, 3.8) is 0 Å². The summed E-state index contributed by atoms with van der Waals surface area (Å²) < 4.78 is 55.7. The minimum Gasteiger partial charge on any atom is -0.462 e. The van der Waals surface area contributed by atoms with Crippen LogP contribution in [-0.4, -0.2) is 29.8 Å². The highest BCUT2D eigenvalue weighted by molar-refractivity contribution is 8.04. The van der Waals surface area contributed by atoms with Gasteiger partial charge in [-0.05, 0) is 19.8 Å². The van der Waals surface area contributed by atoms with Crippen molar-refractivity contribution in [1.82, 2.24) is 0 Å². The molecule has 0 aromatic carbocycles. The van der Waals surface area contributed by atoms with Gasteiger partial charge >= 0.3 is 12.1 Å². The molecule has 0 amide bonds. The number of rotatable bonds is 4. The van der Waals surface area contributed by atoms with Gasteiger partial charge in [-0.1, -0.05) is 11.8 Å². The number of hydrogen-bond donors (Lipinski definition) is 0. The van der Waals surface area contributed by atoms with Crippen LogP contribution in [0.2, 0.25) is 0 Å². The third kappa shape index (κ3) is 4.22. The van der Waals surface area contributed by atoms with Crippen molar-refractivity contribution in [3.8, 4) is 0 Å². The number of hydrogen-bond acceptors (Lipinski definition) is 4. The number of halogens is 4. The van der Waals surface area contributed by atoms with E-state index >= 15 is 0 Å². The summed E-state index contributed by atoms with van der Waals surface area (Å²) in [5.41, 5.74) is -1.97. The smallest absolute Gasteiger partial charge is 0.426 e. The number of Topliss-reactive ketones (excluding diaryl/α,β-unsaturated/α-hetero) is 1. The van der Waals surface area contributed by atoms with Gasteiger partial charge in [0, 0.05) is 6.42 Å². The number of ether oxygens (including phenoxy) is 1. The highest BCUT2D eigenvalue weighted by Gasteiger charge is 2.44. The molecular weight excluding hydrogens is 288 g/mol. The third-order valence-electron chi connectivity index (χ3n) is 2.45. The largest absolute Gasteiger partial charge is 0.462 e. The second-order valence-corrected chi connectivity index (χ2v) is 5.00. The average Bonchev–Trinajstić information content (AvgIpc) is 2.62. The van der Waals surface area contributed by atoms with Crippen molar-refractivity contribution < 1.29 is 31.9 Å². The Morgan fingerprint density at radius 2 is 2.11 bits per heavy atom. The van der Waals surface area contributed by atoms with E-state index in [0.717, 1.165) is 0 Å². The van der Waals surface area contributed by atoms with Gasteiger partial charge in [0.05, 0.1) is 11.9 Å². The fraction of sp³-hybridized carbons (Fsp3) is 0.636. The standard InChI is InChI=1S/C11H12F4O3S/c1-2-18-10(17)8(11(13,14)15)9(12)19-7-5-3-4-6(7)16/h7H,2-5H2,1H3/b9-8-/t7-/m0/s1. The molecule has 0 aliphatic heterocycles. The van der Waals surface area contributed by atoms with Crippen molar-refractivity contribution in [3.05, 3.63) is 10.7 Å². The summed E-state index contributed by atoms with van der Waals surface area (Å²) in [6.07, 6.45) is -4.09. The second-order valence-electron chi connectivity index (χ2n) is 3.83. The van der Waals surface area contributed by atoms with Crippen LogP contribution in [0.5, 0.6) is 0 Å². The summed E-state index contributed by atoms with van der Waals surface area (Å²) in [5.74, 6) is -2.06. The Bertz CT molecular complexity index is 403. The SMILES string of the molecule is CCOC(=O)/C(=C(\F)S[C@H]1CCCC1=O)C(F)(F)F. The molecule has 0 unspecified atom stereocenters. The first-order chi connectivity index (χ1) is 8.77. The maximum Gasteiger partial charge on any atom is 0.426 e. The third-order valence-corrected chi connectivity index (χ3v) is 3.65. The zero-order chi connectivity index (χ0) is 14.6. The van der Waals surface area contributed by atoms with Crippen LogP contribution in [0.25, 0.3) is 0 Å². The maximum atomic E-state index is 13.6. The lowest BCUT2D eigenvalue weighted by Crippen LogP contribution is -2.24. The lowest BCUT2D eigenvalue weighted by molar-refractivity contribution is -0.150. The zero-order valence-corrected chi connectivity index (χ0v) is 10.9. The van der Waals surface area contributed by atoms with Gasteiger partial charge in [0.1, 0.15) is 5.78 Å². The van der Waals surface area contributed by atoms with E-state index in [1.807, 2.05) is 0 Å². The van der Waals surface area contributed by atoms with E-state index in [1.54, 1.807) is 0 Å². The Morgan fingerprint density at radius 1 is 1.47 bits per heavy atom. The van der Waals surface area contributed by atoms with Crippen LogP contribution in [0.4, 0.5) is 17.6 Å². The number of thioether (sulfide) groups is 1. The number of esters is 1. The van der Waals surface area contributed by atoms with Gasteiger partial charge in [0.2, 0.25) is 0 Å². The Morgan fingerprint density at radius 3 is 2.53 bits per heavy atom. The molecule has 0 aromatic rings. The van der Waals surface area contributed by atoms with E-state index in [9.17, 15) is 27.2 Å². The summed E-state index contributed by atoms with van der Waals surface area (Å²) in [6.45, 7) is 1.02. The van der Waals surface area contributed by atoms with E-state index in [2.05, 4.69) is 4.74 Å². The van der Waals surface area contributed by atoms with Crippen LogP contribution in [-0.2, 0) is 14.3 Å². The van der Waals surface area contributed by atoms with Crippen molar-refractivity contribution in [1.29, 1.82) is 0 Å². The normalized spacial score (nSPS) is 21.3. The first-order valence-electron chi connectivity index (χ1n) is 5.60. The molecule has 1 atom stereocenters. The van der Waals surface area contributed by atoms with Crippen molar-refractivity contribution in [2.45, 2.75) is 37.6 Å². The summed E-state index contributed by atoms with van der Waals surface area (Å²) in [4.78, 5) is 22.4. The van der Waals surface area contributed by atoms with Gasteiger partial charge in [-0.2, -0.15) is 17.6 Å². The quantitative estimate of drug-likeness (QED) is 0.454. The van der Waals surface area contributed by atoms with E-state index in [0.29, 0.717) is 12.8 Å². The van der Waals surface area contributed by atoms with Crippen LogP contribution in [0.1, 0.15) is 26.2 Å². The predicted octanol–water partition coefficient (Wildman–Crippen LogP) is 3.15. The zero-order valence-electron chi connectivity index (χ0n) is 10.1. The molecule has 1 rings (SSSR count). The predicted molar refractivity (Wildman–Crippen MR) is 61.1 cm³/mol. The fourth-order valence-electron chi connectivity index (χ4n) is 1.60. The number of carbonyl (C=O) groups excluding carboxylic acids is 2. The lowest BCUT2D eigenvalue weighted by Gasteiger charge is -2.13. The van der Waals surface area contributed by atoms with Crippen LogP contribution >= 0.6 is 11.8 Å². The van der Waals surface area contributed by atoms with Crippen molar-refractivity contribution in [2.24, 2.45) is 0 Å². The topological polar surface area (TPSA) is 43.4 Å². The minimum atomic E-state index is -5.15. The molecule has 0 spiro atoms. The number of ketones is 1. The van der Waals surface area contributed by atoms with Crippen molar-refractivity contribution in [2.75, 3.05) is 6.61 Å². The Kier molecular flexibility index (Phi) is 5.39. The lowest BCUT2D eigenvalue weighted by atomic mass is 10.3. The molecule has 0 aromatic heterocycles. The van der Waals surface area contributed by atoms with Crippen LogP contribution < -0.4 is 0 Å². The molecule has 0 heterocycles. The van der Waals surface area contributed by atoms with Crippen LogP contribution in [0.3, 0.4) is 0 Å². The van der Waals surface area contributed by atoms with Gasteiger partial charge in [0.15, 0.2) is 10.7 Å². The summed E-state index contributed by atoms with van der Waals surface area (Å²) >= 11 is 0.147. The van der Waals surface area contributed by atoms with Gasteiger partial charge in [-0.15, -0.1) is 0 Å². The van der Waals surface area contributed by atoms with Crippen LogP contribution in [0.15, 0.2) is 10.7 Å². The minimum absolute atomic E-state index is 0.147. The number of carbonyl (C=O) groups is 2. The molecule has 0 radical (unpaired) electrons. The summed E-state index contributed by atoms with van der Waals surface area (Å²) in [7, 11) is 0. The van der Waals surface area contributed by atoms with E-state index in [1.165, 1.54) is 6.92 Å². The van der Waals surface area contributed by atoms with E-state index < -0.39 is 28.1 Å². The number of alkyl halides is 3. The monoisotopic (exact) mass is 300 g/mol. The van der Waals surface area contributed by atoms with Gasteiger partial charge in [-0.25, -0.2) is 4.79 Å². The fourth-order valence-corrected chi connectivity index (χ4v) is 2.70. The summed E-state index contributed by atoms with van der Waals surface area (Å²) in [6, 6.07) is 0. The van der Waals surface area contributed by atoms with Crippen LogP contribution in [0, 0.1) is 0 Å². The van der Waals surface area contributed by atoms with Gasteiger partial charge < -0.3 is 4.74 Å². The molecule has 0 N–H and O–H groups in total. The first-order valence-corrected chi connectivity index (χ1v) is 6.48. The molecule has 108 valence electrons. The highest BCUT2D eigenvalue weighted by atomic mass is 32.2. The summed E-state index contributed by atoms with van der Waals surface area (Å²) in [5, 5.41) is -2.56. The van der Waals surface area contributed by atoms with E-state index in [-0.39, 0.29) is 30.6 Å². The molecule has 0 bridgehead atoms. The Balaban J connectivity index is 2.96. The first kappa shape index (κ1) is 16.0. The van der Waals surface area contributed by atoms with E-state index in [4.69, 9.17) is 0 Å². The molecule has 1 saturated carbocycles. The average molecular weight is 300 g/mol. The molecule has 3 nitrogen and oxygen atoms in total. The molecule has 8 heteroatoms. The molecular formula is C11H12F4O3S. The van der Waals surface area contributed by atoms with Crippen molar-refractivity contribution >= 4 is 23.5 Å². The molecule has 1 aliphatic carbocycles. The maximum absolute atomic E-state index is 13.6. The second kappa shape index (κ2) is 6.40. The highest BCUT2D eigenvalue weighted by Crippen LogP contribution is 2.39.